The lowest BCUT2D eigenvalue weighted by Crippen LogP contribution is -1.99. The lowest BCUT2D eigenvalue weighted by molar-refractivity contribution is 0.410. The van der Waals surface area contributed by atoms with E-state index >= 15 is 0 Å². The number of methoxy groups -OCH3 is 2. The van der Waals surface area contributed by atoms with Gasteiger partial charge in [-0.25, -0.2) is 16.8 Å². The molecule has 0 radical (unpaired) electrons. The maximum atomic E-state index is 11.7. The van der Waals surface area contributed by atoms with Crippen LogP contribution in [0.1, 0.15) is 0 Å². The second-order valence-electron chi connectivity index (χ2n) is 4.84. The summed E-state index contributed by atoms with van der Waals surface area (Å²) in [6.07, 6.45) is 0. The molecule has 0 fully saturated rings. The van der Waals surface area contributed by atoms with Crippen LogP contribution in [0, 0.1) is 0 Å². The molecule has 0 aliphatic heterocycles. The monoisotopic (exact) mass is 478 g/mol. The summed E-state index contributed by atoms with van der Waals surface area (Å²) < 4.78 is 57.4. The van der Waals surface area contributed by atoms with Gasteiger partial charge in [0.1, 0.15) is 21.3 Å². The smallest absolute Gasteiger partial charge is 0.262 e. The molecule has 142 valence electrons. The molecule has 0 N–H and O–H groups in total. The number of benzene rings is 2. The lowest BCUT2D eigenvalue weighted by Gasteiger charge is -2.16. The Morgan fingerprint density at radius 3 is 1.23 bits per heavy atom. The summed E-state index contributed by atoms with van der Waals surface area (Å²) >= 11 is 11.9. The molecule has 0 spiro atoms. The first-order valence-electron chi connectivity index (χ1n) is 6.55. The van der Waals surface area contributed by atoms with Gasteiger partial charge in [0.05, 0.1) is 24.3 Å². The summed E-state index contributed by atoms with van der Waals surface area (Å²) in [5, 5.41) is -0.336. The molecular weight excluding hydrogens is 470 g/mol. The van der Waals surface area contributed by atoms with Gasteiger partial charge in [0.2, 0.25) is 0 Å². The first kappa shape index (κ1) is 21.4. The summed E-state index contributed by atoms with van der Waals surface area (Å²) in [6.45, 7) is 0. The lowest BCUT2D eigenvalue weighted by atomic mass is 10.0. The van der Waals surface area contributed by atoms with Crippen LogP contribution in [0.15, 0.2) is 34.1 Å². The van der Waals surface area contributed by atoms with Crippen LogP contribution in [-0.2, 0) is 18.1 Å². The maximum absolute atomic E-state index is 11.7. The highest BCUT2D eigenvalue weighted by molar-refractivity contribution is 8.14. The molecule has 26 heavy (non-hydrogen) atoms. The fraction of sp³-hybridized carbons (Fsp3) is 0.143. The molecule has 0 aliphatic rings. The highest BCUT2D eigenvalue weighted by Gasteiger charge is 2.24. The van der Waals surface area contributed by atoms with Crippen LogP contribution in [-0.4, -0.2) is 31.1 Å². The van der Waals surface area contributed by atoms with Crippen molar-refractivity contribution >= 4 is 62.7 Å². The van der Waals surface area contributed by atoms with E-state index in [-0.39, 0.29) is 42.5 Å². The van der Waals surface area contributed by atoms with Crippen LogP contribution in [0.25, 0.3) is 11.1 Å². The maximum Gasteiger partial charge on any atom is 0.262 e. The van der Waals surface area contributed by atoms with E-state index < -0.39 is 18.1 Å². The van der Waals surface area contributed by atoms with Crippen molar-refractivity contribution in [2.75, 3.05) is 14.2 Å². The molecule has 0 aliphatic carbocycles. The Morgan fingerprint density at radius 2 is 1.00 bits per heavy atom. The van der Waals surface area contributed by atoms with Crippen molar-refractivity contribution in [2.45, 2.75) is 9.79 Å². The summed E-state index contributed by atoms with van der Waals surface area (Å²) in [5.74, 6) is 0.301. The average Bonchev–Trinajstić information content (AvgIpc) is 2.52. The molecule has 6 nitrogen and oxygen atoms in total. The average molecular weight is 480 g/mol. The van der Waals surface area contributed by atoms with Crippen molar-refractivity contribution in [3.8, 4) is 22.6 Å². The van der Waals surface area contributed by atoms with E-state index in [4.69, 9.17) is 54.0 Å². The minimum absolute atomic E-state index is 0.151. The predicted octanol–water partition coefficient (Wildman–Crippen LogP) is 4.53. The zero-order chi connectivity index (χ0) is 19.9. The Bertz CT molecular complexity index is 994. The van der Waals surface area contributed by atoms with E-state index in [1.165, 1.54) is 26.4 Å². The second-order valence-corrected chi connectivity index (χ2v) is 10.7. The molecule has 0 unspecified atom stereocenters. The third kappa shape index (κ3) is 4.32. The van der Waals surface area contributed by atoms with Crippen molar-refractivity contribution in [1.29, 1.82) is 0 Å². The van der Waals surface area contributed by atoms with Crippen LogP contribution in [0.3, 0.4) is 0 Å². The van der Waals surface area contributed by atoms with Crippen LogP contribution in [0.4, 0.5) is 0 Å². The van der Waals surface area contributed by atoms with Gasteiger partial charge in [-0.05, 0) is 12.1 Å². The van der Waals surface area contributed by atoms with Gasteiger partial charge in [-0.2, -0.15) is 0 Å². The zero-order valence-corrected chi connectivity index (χ0v) is 17.7. The largest absolute Gasteiger partial charge is 0.496 e. The molecule has 0 saturated carbocycles. The fourth-order valence-electron chi connectivity index (χ4n) is 2.20. The topological polar surface area (TPSA) is 86.7 Å². The minimum Gasteiger partial charge on any atom is -0.496 e. The van der Waals surface area contributed by atoms with Crippen LogP contribution >= 0.6 is 44.6 Å². The third-order valence-electron chi connectivity index (χ3n) is 3.32. The van der Waals surface area contributed by atoms with E-state index in [0.717, 1.165) is 12.1 Å². The number of hydrogen-bond donors (Lipinski definition) is 0. The Balaban J connectivity index is 2.95. The molecular formula is C14H10Cl4O6S2. The number of halogens is 4. The number of ether oxygens (including phenoxy) is 2. The Morgan fingerprint density at radius 1 is 0.692 bits per heavy atom. The molecule has 0 amide bonds. The third-order valence-corrected chi connectivity index (χ3v) is 6.90. The van der Waals surface area contributed by atoms with E-state index in [1.807, 2.05) is 0 Å². The summed E-state index contributed by atoms with van der Waals surface area (Å²) in [4.78, 5) is -0.771. The van der Waals surface area contributed by atoms with Gasteiger partial charge >= 0.3 is 0 Å². The van der Waals surface area contributed by atoms with Gasteiger partial charge in [-0.3, -0.25) is 0 Å². The van der Waals surface area contributed by atoms with Gasteiger partial charge in [0.25, 0.3) is 18.1 Å². The molecule has 2 aromatic carbocycles. The minimum atomic E-state index is -4.18. The van der Waals surface area contributed by atoms with E-state index in [0.29, 0.717) is 0 Å². The molecule has 0 heterocycles. The van der Waals surface area contributed by atoms with Gasteiger partial charge in [-0.1, -0.05) is 23.2 Å². The fourth-order valence-corrected chi connectivity index (χ4v) is 5.22. The Kier molecular flexibility index (Phi) is 6.27. The van der Waals surface area contributed by atoms with Crippen molar-refractivity contribution < 1.29 is 26.3 Å². The van der Waals surface area contributed by atoms with Gasteiger partial charge in [0.15, 0.2) is 0 Å². The predicted molar refractivity (Wildman–Crippen MR) is 101 cm³/mol. The molecule has 2 aromatic rings. The Labute approximate surface area is 169 Å². The molecule has 0 bridgehead atoms. The molecule has 12 heteroatoms. The number of rotatable bonds is 5. The van der Waals surface area contributed by atoms with Crippen LogP contribution in [0.5, 0.6) is 11.5 Å². The highest BCUT2D eigenvalue weighted by Crippen LogP contribution is 2.44. The Hall–Kier alpha value is -0.900. The van der Waals surface area contributed by atoms with Gasteiger partial charge in [-0.15, -0.1) is 0 Å². The number of hydrogen-bond acceptors (Lipinski definition) is 6. The normalized spacial score (nSPS) is 12.1. The van der Waals surface area contributed by atoms with Crippen molar-refractivity contribution in [1.82, 2.24) is 0 Å². The van der Waals surface area contributed by atoms with Gasteiger partial charge in [0, 0.05) is 44.6 Å². The van der Waals surface area contributed by atoms with E-state index in [2.05, 4.69) is 0 Å². The second kappa shape index (κ2) is 7.61. The van der Waals surface area contributed by atoms with E-state index in [1.54, 1.807) is 0 Å². The van der Waals surface area contributed by atoms with Crippen molar-refractivity contribution in [3.05, 3.63) is 34.3 Å². The van der Waals surface area contributed by atoms with Gasteiger partial charge < -0.3 is 9.47 Å². The first-order chi connectivity index (χ1) is 11.9. The SMILES string of the molecule is COc1cc(Cl)c(S(=O)(=O)Cl)cc1-c1cc(S(=O)(=O)Cl)c(Cl)cc1OC. The molecule has 0 atom stereocenters. The van der Waals surface area contributed by atoms with Crippen molar-refractivity contribution in [2.24, 2.45) is 0 Å². The highest BCUT2D eigenvalue weighted by atomic mass is 35.7. The zero-order valence-electron chi connectivity index (χ0n) is 13.1. The van der Waals surface area contributed by atoms with Crippen molar-refractivity contribution in [3.63, 3.8) is 0 Å². The summed E-state index contributed by atoms with van der Waals surface area (Å²) in [5.41, 5.74) is 0.317. The molecule has 2 rings (SSSR count). The van der Waals surface area contributed by atoms with Crippen LogP contribution < -0.4 is 9.47 Å². The molecule has 0 saturated heterocycles. The van der Waals surface area contributed by atoms with Crippen LogP contribution in [0.2, 0.25) is 10.0 Å². The summed E-state index contributed by atoms with van der Waals surface area (Å²) in [7, 11) is 5.08. The quantitative estimate of drug-likeness (QED) is 0.585. The van der Waals surface area contributed by atoms with E-state index in [9.17, 15) is 16.8 Å². The first-order valence-corrected chi connectivity index (χ1v) is 11.9. The molecule has 0 aromatic heterocycles. The summed E-state index contributed by atoms with van der Waals surface area (Å²) in [6, 6.07) is 4.74. The standard InChI is InChI=1S/C14H10Cl4O6S2/c1-23-11-5-9(15)13(25(17,19)20)3-7(11)8-4-14(26(18,21)22)10(16)6-12(8)24-2/h3-6H,1-2H3.